The summed E-state index contributed by atoms with van der Waals surface area (Å²) in [5.41, 5.74) is 7.08. The lowest BCUT2D eigenvalue weighted by atomic mass is 10.1. The molecule has 0 unspecified atom stereocenters. The lowest BCUT2D eigenvalue weighted by molar-refractivity contribution is 0.313. The summed E-state index contributed by atoms with van der Waals surface area (Å²) in [6.45, 7) is 2.41. The Morgan fingerprint density at radius 3 is 2.53 bits per heavy atom. The Morgan fingerprint density at radius 2 is 1.79 bits per heavy atom. The first-order valence-corrected chi connectivity index (χ1v) is 11.2. The fourth-order valence-electron chi connectivity index (χ4n) is 3.65. The van der Waals surface area contributed by atoms with E-state index in [0.29, 0.717) is 17.8 Å². The van der Waals surface area contributed by atoms with Crippen molar-refractivity contribution in [2.75, 3.05) is 32.5 Å². The number of hydrazine groups is 1. The second-order valence-electron chi connectivity index (χ2n) is 8.41. The highest BCUT2D eigenvalue weighted by Gasteiger charge is 2.12. The van der Waals surface area contributed by atoms with Crippen LogP contribution in [0.4, 0.5) is 14.6 Å². The summed E-state index contributed by atoms with van der Waals surface area (Å²) in [4.78, 5) is 2.15. The summed E-state index contributed by atoms with van der Waals surface area (Å²) >= 11 is 0. The standard InChI is InChI=1S/C26H28F2N6/c1-33(2)12-5-11-29-26-10-9-24(30-31-26)20-7-3-6-19(14-20)18-34-13-4-8-25(32-34)21-15-22(27)17-23(28)16-21/h3-4,6-10,13-17,32H,5,11-12,18H2,1-2H3,(H,29,31). The van der Waals surface area contributed by atoms with E-state index in [4.69, 9.17) is 0 Å². The lowest BCUT2D eigenvalue weighted by Gasteiger charge is -2.27. The number of benzene rings is 2. The number of hydrogen-bond acceptors (Lipinski definition) is 6. The fraction of sp³-hybridized carbons (Fsp3) is 0.231. The Balaban J connectivity index is 1.38. The third-order valence-electron chi connectivity index (χ3n) is 5.29. The molecule has 2 aromatic carbocycles. The molecule has 34 heavy (non-hydrogen) atoms. The molecule has 176 valence electrons. The van der Waals surface area contributed by atoms with Gasteiger partial charge in [-0.15, -0.1) is 10.2 Å². The molecule has 8 heteroatoms. The largest absolute Gasteiger partial charge is 0.369 e. The van der Waals surface area contributed by atoms with Crippen LogP contribution in [0.15, 0.2) is 72.9 Å². The number of rotatable bonds is 9. The van der Waals surface area contributed by atoms with Gasteiger partial charge in [0, 0.05) is 29.9 Å². The minimum atomic E-state index is -0.609. The molecule has 6 nitrogen and oxygen atoms in total. The van der Waals surface area contributed by atoms with Gasteiger partial charge in [-0.05, 0) is 75.1 Å². The van der Waals surface area contributed by atoms with E-state index in [1.807, 2.05) is 47.6 Å². The van der Waals surface area contributed by atoms with Gasteiger partial charge in [-0.25, -0.2) is 8.78 Å². The van der Waals surface area contributed by atoms with Gasteiger partial charge in [-0.3, -0.25) is 10.4 Å². The molecule has 0 bridgehead atoms. The first kappa shape index (κ1) is 23.4. The zero-order chi connectivity index (χ0) is 23.9. The van der Waals surface area contributed by atoms with Crippen LogP contribution in [0.5, 0.6) is 0 Å². The normalized spacial score (nSPS) is 13.1. The van der Waals surface area contributed by atoms with Gasteiger partial charge in [0.15, 0.2) is 0 Å². The van der Waals surface area contributed by atoms with E-state index in [1.165, 1.54) is 12.1 Å². The second kappa shape index (κ2) is 10.9. The molecule has 2 N–H and O–H groups in total. The molecule has 4 rings (SSSR count). The topological polar surface area (TPSA) is 56.3 Å². The van der Waals surface area contributed by atoms with Gasteiger partial charge in [0.2, 0.25) is 0 Å². The van der Waals surface area contributed by atoms with Gasteiger partial charge in [0.25, 0.3) is 0 Å². The summed E-state index contributed by atoms with van der Waals surface area (Å²) in [7, 11) is 4.11. The van der Waals surface area contributed by atoms with Gasteiger partial charge in [0.05, 0.1) is 17.9 Å². The molecule has 0 radical (unpaired) electrons. The quantitative estimate of drug-likeness (QED) is 0.451. The van der Waals surface area contributed by atoms with E-state index < -0.39 is 11.6 Å². The summed E-state index contributed by atoms with van der Waals surface area (Å²) in [5.74, 6) is -0.459. The molecular weight excluding hydrogens is 434 g/mol. The van der Waals surface area contributed by atoms with E-state index in [-0.39, 0.29) is 0 Å². The highest BCUT2D eigenvalue weighted by atomic mass is 19.1. The van der Waals surface area contributed by atoms with Crippen LogP contribution in [0.3, 0.4) is 0 Å². The number of hydrogen-bond donors (Lipinski definition) is 2. The van der Waals surface area contributed by atoms with Gasteiger partial charge in [-0.2, -0.15) is 0 Å². The highest BCUT2D eigenvalue weighted by molar-refractivity contribution is 5.66. The minimum absolute atomic E-state index is 0.450. The van der Waals surface area contributed by atoms with Crippen molar-refractivity contribution >= 4 is 11.5 Å². The van der Waals surface area contributed by atoms with Crippen molar-refractivity contribution in [3.05, 3.63) is 95.7 Å². The predicted molar refractivity (Wildman–Crippen MR) is 131 cm³/mol. The summed E-state index contributed by atoms with van der Waals surface area (Å²) in [5, 5.41) is 13.8. The van der Waals surface area contributed by atoms with Gasteiger partial charge in [0.1, 0.15) is 17.5 Å². The van der Waals surface area contributed by atoms with Crippen LogP contribution in [0.2, 0.25) is 0 Å². The maximum absolute atomic E-state index is 13.6. The van der Waals surface area contributed by atoms with E-state index in [1.54, 1.807) is 6.08 Å². The molecule has 3 aromatic rings. The molecule has 1 aliphatic rings. The van der Waals surface area contributed by atoms with Crippen LogP contribution in [0.1, 0.15) is 17.5 Å². The molecular formula is C26H28F2N6. The predicted octanol–water partition coefficient (Wildman–Crippen LogP) is 4.66. The molecule has 0 spiro atoms. The minimum Gasteiger partial charge on any atom is -0.369 e. The van der Waals surface area contributed by atoms with Crippen molar-refractivity contribution in [3.63, 3.8) is 0 Å². The highest BCUT2D eigenvalue weighted by Crippen LogP contribution is 2.22. The molecule has 2 heterocycles. The van der Waals surface area contributed by atoms with Crippen LogP contribution < -0.4 is 10.7 Å². The Bertz CT molecular complexity index is 1150. The monoisotopic (exact) mass is 462 g/mol. The lowest BCUT2D eigenvalue weighted by Crippen LogP contribution is -2.33. The van der Waals surface area contributed by atoms with E-state index in [2.05, 4.69) is 46.0 Å². The molecule has 0 atom stereocenters. The SMILES string of the molecule is CN(C)CCCNc1ccc(-c2cccc(CN3C=CC=C(c4cc(F)cc(F)c4)N3)c2)nn1. The average molecular weight is 463 g/mol. The van der Waals surface area contributed by atoms with Gasteiger partial charge in [-0.1, -0.05) is 18.2 Å². The van der Waals surface area contributed by atoms with Crippen molar-refractivity contribution < 1.29 is 8.78 Å². The molecule has 0 fully saturated rings. The molecule has 0 saturated heterocycles. The van der Waals surface area contributed by atoms with Crippen LogP contribution in [-0.2, 0) is 6.54 Å². The summed E-state index contributed by atoms with van der Waals surface area (Å²) in [6.07, 6.45) is 6.53. The van der Waals surface area contributed by atoms with Crippen LogP contribution in [0.25, 0.3) is 17.0 Å². The fourth-order valence-corrected chi connectivity index (χ4v) is 3.65. The van der Waals surface area contributed by atoms with Crippen LogP contribution in [0, 0.1) is 11.6 Å². The Kier molecular flexibility index (Phi) is 7.49. The molecule has 1 aliphatic heterocycles. The van der Waals surface area contributed by atoms with Gasteiger partial charge < -0.3 is 10.2 Å². The summed E-state index contributed by atoms with van der Waals surface area (Å²) in [6, 6.07) is 15.4. The zero-order valence-corrected chi connectivity index (χ0v) is 19.3. The van der Waals surface area contributed by atoms with Crippen molar-refractivity contribution in [1.82, 2.24) is 25.5 Å². The van der Waals surface area contributed by atoms with Crippen LogP contribution >= 0.6 is 0 Å². The Morgan fingerprint density at radius 1 is 0.971 bits per heavy atom. The number of halogens is 2. The van der Waals surface area contributed by atoms with E-state index in [9.17, 15) is 8.78 Å². The van der Waals surface area contributed by atoms with E-state index >= 15 is 0 Å². The Labute approximate surface area is 198 Å². The van der Waals surface area contributed by atoms with Crippen molar-refractivity contribution in [2.24, 2.45) is 0 Å². The first-order chi connectivity index (χ1) is 16.5. The molecule has 0 amide bonds. The van der Waals surface area contributed by atoms with E-state index in [0.717, 1.165) is 48.2 Å². The van der Waals surface area contributed by atoms with Crippen LogP contribution in [-0.4, -0.2) is 47.3 Å². The third-order valence-corrected chi connectivity index (χ3v) is 5.29. The molecule has 0 saturated carbocycles. The maximum Gasteiger partial charge on any atom is 0.148 e. The summed E-state index contributed by atoms with van der Waals surface area (Å²) < 4.78 is 27.2. The van der Waals surface area contributed by atoms with Crippen molar-refractivity contribution in [2.45, 2.75) is 13.0 Å². The first-order valence-electron chi connectivity index (χ1n) is 11.2. The number of nitrogens with zero attached hydrogens (tertiary/aromatic N) is 4. The number of anilines is 1. The third kappa shape index (κ3) is 6.39. The molecule has 0 aliphatic carbocycles. The zero-order valence-electron chi connectivity index (χ0n) is 19.3. The number of nitrogens with one attached hydrogen (secondary N) is 2. The van der Waals surface area contributed by atoms with Crippen molar-refractivity contribution in [1.29, 1.82) is 0 Å². The maximum atomic E-state index is 13.6. The number of aromatic nitrogens is 2. The molecule has 1 aromatic heterocycles. The van der Waals surface area contributed by atoms with Crippen molar-refractivity contribution in [3.8, 4) is 11.3 Å². The number of allylic oxidation sites excluding steroid dienone is 2. The second-order valence-corrected chi connectivity index (χ2v) is 8.41. The van der Waals surface area contributed by atoms with Gasteiger partial charge >= 0.3 is 0 Å². The Hall–Kier alpha value is -3.78. The smallest absolute Gasteiger partial charge is 0.148 e. The average Bonchev–Trinajstić information content (AvgIpc) is 2.82.